The van der Waals surface area contributed by atoms with E-state index in [2.05, 4.69) is 16.0 Å². The summed E-state index contributed by atoms with van der Waals surface area (Å²) < 4.78 is 0. The molecule has 1 heterocycles. The summed E-state index contributed by atoms with van der Waals surface area (Å²) in [4.78, 5) is 73.1. The van der Waals surface area contributed by atoms with Gasteiger partial charge in [-0.1, -0.05) is 34.1 Å². The third kappa shape index (κ3) is 10.7. The van der Waals surface area contributed by atoms with Crippen molar-refractivity contribution in [3.05, 3.63) is 12.2 Å². The molecule has 11 heteroatoms. The Morgan fingerprint density at radius 1 is 0.914 bits per heavy atom. The quantitative estimate of drug-likeness (QED) is 0.183. The average molecular weight is 494 g/mol. The minimum atomic E-state index is -0.806. The van der Waals surface area contributed by atoms with Crippen molar-refractivity contribution < 1.29 is 28.8 Å². The number of unbranched alkanes of at least 4 members (excludes halogenated alkanes) is 2. The highest BCUT2D eigenvalue weighted by Crippen LogP contribution is 2.11. The summed E-state index contributed by atoms with van der Waals surface area (Å²) in [5, 5.41) is 7.98. The number of amides is 6. The molecule has 2 atom stereocenters. The molecule has 0 aromatic carbocycles. The smallest absolute Gasteiger partial charge is 0.312 e. The molecule has 0 saturated heterocycles. The van der Waals surface area contributed by atoms with E-state index in [0.717, 1.165) is 4.90 Å². The number of nitrogens with zero attached hydrogens (tertiary/aromatic N) is 1. The summed E-state index contributed by atoms with van der Waals surface area (Å²) in [7, 11) is 0. The van der Waals surface area contributed by atoms with Crippen molar-refractivity contribution in [3.8, 4) is 0 Å². The van der Waals surface area contributed by atoms with Crippen LogP contribution in [0, 0.1) is 11.8 Å². The third-order valence-electron chi connectivity index (χ3n) is 5.65. The van der Waals surface area contributed by atoms with E-state index in [1.807, 2.05) is 0 Å². The van der Waals surface area contributed by atoms with Gasteiger partial charge in [0.25, 0.3) is 11.8 Å². The highest BCUT2D eigenvalue weighted by atomic mass is 16.2. The maximum absolute atomic E-state index is 12.9. The van der Waals surface area contributed by atoms with Crippen LogP contribution in [-0.2, 0) is 24.0 Å². The van der Waals surface area contributed by atoms with Crippen molar-refractivity contribution in [2.24, 2.45) is 17.6 Å². The fraction of sp³-hybridized carbons (Fsp3) is 0.667. The van der Waals surface area contributed by atoms with Gasteiger partial charge in [-0.15, -0.1) is 0 Å². The summed E-state index contributed by atoms with van der Waals surface area (Å²) >= 11 is 0. The number of Topliss-reactive ketones (excluding diaryl/α,β-unsaturated/α-hetero) is 1. The number of carbonyl (C=O) groups is 6. The first-order chi connectivity index (χ1) is 16.4. The molecule has 1 aliphatic rings. The first-order valence-corrected chi connectivity index (χ1v) is 12.1. The zero-order valence-electron chi connectivity index (χ0n) is 21.1. The predicted molar refractivity (Wildman–Crippen MR) is 130 cm³/mol. The van der Waals surface area contributed by atoms with E-state index < -0.39 is 24.0 Å². The van der Waals surface area contributed by atoms with Crippen LogP contribution in [-0.4, -0.2) is 65.5 Å². The second kappa shape index (κ2) is 14.9. The van der Waals surface area contributed by atoms with E-state index in [1.165, 1.54) is 12.2 Å². The number of hydrogen-bond donors (Lipinski definition) is 4. The Labute approximate surface area is 206 Å². The minimum Gasteiger partial charge on any atom is -0.352 e. The summed E-state index contributed by atoms with van der Waals surface area (Å²) in [6, 6.07) is -2.20. The van der Waals surface area contributed by atoms with Crippen LogP contribution in [0.4, 0.5) is 4.79 Å². The lowest BCUT2D eigenvalue weighted by Gasteiger charge is -2.26. The number of ketones is 1. The van der Waals surface area contributed by atoms with Gasteiger partial charge in [0.1, 0.15) is 6.04 Å². The molecule has 0 aliphatic carbocycles. The van der Waals surface area contributed by atoms with Crippen LogP contribution in [0.1, 0.15) is 66.2 Å². The molecule has 196 valence electrons. The first kappa shape index (κ1) is 29.8. The number of nitrogens with two attached hydrogens (primary N) is 1. The summed E-state index contributed by atoms with van der Waals surface area (Å²) in [6.45, 7) is 7.70. The Morgan fingerprint density at radius 3 is 2.09 bits per heavy atom. The Kier molecular flexibility index (Phi) is 12.7. The fourth-order valence-corrected chi connectivity index (χ4v) is 3.63. The van der Waals surface area contributed by atoms with Crippen LogP contribution in [0.15, 0.2) is 12.2 Å². The molecular formula is C24H39N5O6. The van der Waals surface area contributed by atoms with Crippen LogP contribution < -0.4 is 21.7 Å². The Hall–Kier alpha value is -3.24. The van der Waals surface area contributed by atoms with Gasteiger partial charge < -0.3 is 21.7 Å². The lowest BCUT2D eigenvalue weighted by Crippen LogP contribution is -2.54. The van der Waals surface area contributed by atoms with Gasteiger partial charge in [0.15, 0.2) is 5.78 Å². The van der Waals surface area contributed by atoms with E-state index in [4.69, 9.17) is 5.73 Å². The number of hydrogen-bond acceptors (Lipinski definition) is 6. The van der Waals surface area contributed by atoms with Crippen molar-refractivity contribution in [2.45, 2.75) is 78.3 Å². The SMILES string of the molecule is CC(C)C(=O)C(CCCNC(N)=O)NC(=O)C(NC(=O)CCCCCN1C(=O)C=CC1=O)C(C)C. The number of nitrogens with one attached hydrogen (secondary N) is 3. The van der Waals surface area contributed by atoms with Gasteiger partial charge >= 0.3 is 6.03 Å². The number of carbonyl (C=O) groups excluding carboxylic acids is 6. The lowest BCUT2D eigenvalue weighted by molar-refractivity contribution is -0.137. The monoisotopic (exact) mass is 493 g/mol. The van der Waals surface area contributed by atoms with E-state index >= 15 is 0 Å². The highest BCUT2D eigenvalue weighted by molar-refractivity contribution is 6.12. The molecule has 0 saturated carbocycles. The van der Waals surface area contributed by atoms with E-state index in [9.17, 15) is 28.8 Å². The van der Waals surface area contributed by atoms with Crippen LogP contribution in [0.5, 0.6) is 0 Å². The topological polar surface area (TPSA) is 168 Å². The number of primary amides is 1. The predicted octanol–water partition coefficient (Wildman–Crippen LogP) is 0.771. The average Bonchev–Trinajstić information content (AvgIpc) is 3.10. The molecule has 0 fully saturated rings. The molecule has 0 spiro atoms. The van der Waals surface area contributed by atoms with E-state index in [0.29, 0.717) is 38.6 Å². The van der Waals surface area contributed by atoms with Gasteiger partial charge in [-0.25, -0.2) is 4.79 Å². The van der Waals surface area contributed by atoms with Crippen molar-refractivity contribution in [2.75, 3.05) is 13.1 Å². The number of imide groups is 1. The molecule has 1 rings (SSSR count). The van der Waals surface area contributed by atoms with Gasteiger partial charge in [0, 0.05) is 37.6 Å². The second-order valence-electron chi connectivity index (χ2n) is 9.31. The molecular weight excluding hydrogens is 454 g/mol. The molecule has 5 N–H and O–H groups in total. The van der Waals surface area contributed by atoms with Crippen molar-refractivity contribution in [1.29, 1.82) is 0 Å². The number of urea groups is 1. The minimum absolute atomic E-state index is 0.128. The fourth-order valence-electron chi connectivity index (χ4n) is 3.63. The standard InChI is InChI=1S/C24H39N5O6/c1-15(2)21(23(34)27-17(22(33)16(3)4)9-8-13-26-24(25)35)28-18(30)10-6-5-7-14-29-19(31)11-12-20(29)32/h11-12,15-17,21H,5-10,13-14H2,1-4H3,(H,27,34)(H,28,30)(H3,25,26,35). The van der Waals surface area contributed by atoms with Gasteiger partial charge in [0.05, 0.1) is 6.04 Å². The van der Waals surface area contributed by atoms with Gasteiger partial charge in [-0.2, -0.15) is 0 Å². The molecule has 0 aromatic heterocycles. The van der Waals surface area contributed by atoms with Crippen molar-refractivity contribution in [3.63, 3.8) is 0 Å². The van der Waals surface area contributed by atoms with E-state index in [1.54, 1.807) is 27.7 Å². The molecule has 2 unspecified atom stereocenters. The zero-order chi connectivity index (χ0) is 26.5. The zero-order valence-corrected chi connectivity index (χ0v) is 21.1. The summed E-state index contributed by atoms with van der Waals surface area (Å²) in [5.41, 5.74) is 5.05. The second-order valence-corrected chi connectivity index (χ2v) is 9.31. The van der Waals surface area contributed by atoms with Gasteiger partial charge in [-0.05, 0) is 31.6 Å². The highest BCUT2D eigenvalue weighted by Gasteiger charge is 2.29. The molecule has 1 aliphatic heterocycles. The molecule has 35 heavy (non-hydrogen) atoms. The molecule has 0 radical (unpaired) electrons. The van der Waals surface area contributed by atoms with E-state index in [-0.39, 0.29) is 48.3 Å². The Balaban J connectivity index is 2.53. The van der Waals surface area contributed by atoms with Crippen molar-refractivity contribution >= 4 is 35.4 Å². The van der Waals surface area contributed by atoms with Crippen LogP contribution >= 0.6 is 0 Å². The first-order valence-electron chi connectivity index (χ1n) is 12.1. The lowest BCUT2D eigenvalue weighted by atomic mass is 9.96. The normalized spacial score (nSPS) is 14.9. The van der Waals surface area contributed by atoms with Crippen LogP contribution in [0.3, 0.4) is 0 Å². The third-order valence-corrected chi connectivity index (χ3v) is 5.65. The summed E-state index contributed by atoms with van der Waals surface area (Å²) in [6.07, 6.45) is 5.24. The number of rotatable bonds is 16. The largest absolute Gasteiger partial charge is 0.352 e. The maximum atomic E-state index is 12.9. The van der Waals surface area contributed by atoms with Crippen LogP contribution in [0.25, 0.3) is 0 Å². The Morgan fingerprint density at radius 2 is 1.54 bits per heavy atom. The van der Waals surface area contributed by atoms with Gasteiger partial charge in [0.2, 0.25) is 11.8 Å². The molecule has 11 nitrogen and oxygen atoms in total. The molecule has 6 amide bonds. The van der Waals surface area contributed by atoms with Crippen LogP contribution in [0.2, 0.25) is 0 Å². The maximum Gasteiger partial charge on any atom is 0.312 e. The molecule has 0 aromatic rings. The molecule has 0 bridgehead atoms. The van der Waals surface area contributed by atoms with Gasteiger partial charge in [-0.3, -0.25) is 28.9 Å². The summed E-state index contributed by atoms with van der Waals surface area (Å²) in [5.74, 6) is -1.99. The Bertz CT molecular complexity index is 805. The van der Waals surface area contributed by atoms with Crippen molar-refractivity contribution in [1.82, 2.24) is 20.9 Å².